The Kier molecular flexibility index (Phi) is 2.58. The van der Waals surface area contributed by atoms with E-state index >= 15 is 0 Å². The van der Waals surface area contributed by atoms with E-state index in [0.717, 1.165) is 45.2 Å². The van der Waals surface area contributed by atoms with Gasteiger partial charge in [0.15, 0.2) is 5.78 Å². The second-order valence-electron chi connectivity index (χ2n) is 5.32. The minimum absolute atomic E-state index is 0.116. The van der Waals surface area contributed by atoms with Crippen LogP contribution in [0.3, 0.4) is 0 Å². The van der Waals surface area contributed by atoms with Crippen molar-refractivity contribution in [2.24, 2.45) is 0 Å². The fraction of sp³-hybridized carbons (Fsp3) is 0.105. The van der Waals surface area contributed by atoms with E-state index in [4.69, 9.17) is 4.74 Å². The molecule has 0 atom stereocenters. The van der Waals surface area contributed by atoms with Crippen LogP contribution in [0.5, 0.6) is 5.75 Å². The molecule has 3 aromatic carbocycles. The molecule has 1 aliphatic carbocycles. The van der Waals surface area contributed by atoms with Crippen LogP contribution < -0.4 is 4.74 Å². The molecule has 0 radical (unpaired) electrons. The largest absolute Gasteiger partial charge is 0.496 e. The quantitative estimate of drug-likeness (QED) is 0.524. The van der Waals surface area contributed by atoms with Gasteiger partial charge in [0.05, 0.1) is 7.11 Å². The van der Waals surface area contributed by atoms with Gasteiger partial charge in [-0.05, 0) is 29.0 Å². The standard InChI is InChI=1S/C19H14O2/c1-21-17-11-13-10-12-6-2-3-7-14(12)19(20)18(13)16-9-5-4-8-15(16)17/h2-9,11H,10H2,1H3. The van der Waals surface area contributed by atoms with Crippen molar-refractivity contribution in [3.63, 3.8) is 0 Å². The highest BCUT2D eigenvalue weighted by Crippen LogP contribution is 2.37. The number of hydrogen-bond acceptors (Lipinski definition) is 2. The molecule has 3 aromatic rings. The Morgan fingerprint density at radius 3 is 2.43 bits per heavy atom. The average molecular weight is 274 g/mol. The van der Waals surface area contributed by atoms with Crippen LogP contribution in [-0.2, 0) is 6.42 Å². The van der Waals surface area contributed by atoms with Gasteiger partial charge in [-0.25, -0.2) is 0 Å². The first-order chi connectivity index (χ1) is 10.3. The summed E-state index contributed by atoms with van der Waals surface area (Å²) in [7, 11) is 1.67. The molecule has 21 heavy (non-hydrogen) atoms. The lowest BCUT2D eigenvalue weighted by Crippen LogP contribution is -2.15. The fourth-order valence-corrected chi connectivity index (χ4v) is 3.21. The van der Waals surface area contributed by atoms with Crippen molar-refractivity contribution in [3.8, 4) is 5.75 Å². The summed E-state index contributed by atoms with van der Waals surface area (Å²) in [6, 6.07) is 17.8. The number of fused-ring (bicyclic) bond motifs is 4. The van der Waals surface area contributed by atoms with Crippen molar-refractivity contribution in [1.29, 1.82) is 0 Å². The minimum Gasteiger partial charge on any atom is -0.496 e. The van der Waals surface area contributed by atoms with Gasteiger partial charge in [-0.15, -0.1) is 0 Å². The second kappa shape index (κ2) is 4.45. The molecule has 0 spiro atoms. The molecule has 0 amide bonds. The van der Waals surface area contributed by atoms with Crippen LogP contribution in [0.4, 0.5) is 0 Å². The van der Waals surface area contributed by atoms with Crippen molar-refractivity contribution < 1.29 is 9.53 Å². The number of rotatable bonds is 1. The summed E-state index contributed by atoms with van der Waals surface area (Å²) in [6.45, 7) is 0. The lowest BCUT2D eigenvalue weighted by molar-refractivity contribution is 0.103. The summed E-state index contributed by atoms with van der Waals surface area (Å²) in [4.78, 5) is 12.9. The van der Waals surface area contributed by atoms with Gasteiger partial charge in [-0.1, -0.05) is 48.5 Å². The molecular weight excluding hydrogens is 260 g/mol. The molecule has 0 fully saturated rings. The highest BCUT2D eigenvalue weighted by molar-refractivity contribution is 6.20. The van der Waals surface area contributed by atoms with E-state index in [0.29, 0.717) is 0 Å². The predicted molar refractivity (Wildman–Crippen MR) is 83.2 cm³/mol. The van der Waals surface area contributed by atoms with Gasteiger partial charge in [0.2, 0.25) is 0 Å². The summed E-state index contributed by atoms with van der Waals surface area (Å²) in [6.07, 6.45) is 0.776. The monoisotopic (exact) mass is 274 g/mol. The van der Waals surface area contributed by atoms with Crippen molar-refractivity contribution in [3.05, 3.63) is 76.9 Å². The second-order valence-corrected chi connectivity index (χ2v) is 5.32. The van der Waals surface area contributed by atoms with E-state index in [2.05, 4.69) is 0 Å². The molecule has 0 heterocycles. The SMILES string of the molecule is COc1cc2c(c3ccccc13)C(=O)c1ccccc1C2. The van der Waals surface area contributed by atoms with Crippen LogP contribution in [0, 0.1) is 0 Å². The van der Waals surface area contributed by atoms with Crippen LogP contribution in [0.1, 0.15) is 27.0 Å². The Labute approximate surface area is 123 Å². The van der Waals surface area contributed by atoms with Gasteiger partial charge in [0.1, 0.15) is 5.75 Å². The molecule has 102 valence electrons. The van der Waals surface area contributed by atoms with Crippen LogP contribution in [0.25, 0.3) is 10.8 Å². The van der Waals surface area contributed by atoms with Gasteiger partial charge in [-0.3, -0.25) is 4.79 Å². The van der Waals surface area contributed by atoms with Crippen LogP contribution in [0.15, 0.2) is 54.6 Å². The zero-order valence-electron chi connectivity index (χ0n) is 11.7. The summed E-state index contributed by atoms with van der Waals surface area (Å²) in [5, 5.41) is 1.97. The Bertz CT molecular complexity index is 878. The van der Waals surface area contributed by atoms with E-state index in [1.807, 2.05) is 54.6 Å². The Morgan fingerprint density at radius 1 is 0.905 bits per heavy atom. The third-order valence-electron chi connectivity index (χ3n) is 4.18. The van der Waals surface area contributed by atoms with Crippen molar-refractivity contribution in [2.45, 2.75) is 6.42 Å². The van der Waals surface area contributed by atoms with Crippen LogP contribution in [-0.4, -0.2) is 12.9 Å². The molecule has 0 unspecified atom stereocenters. The van der Waals surface area contributed by atoms with E-state index in [-0.39, 0.29) is 5.78 Å². The first-order valence-corrected chi connectivity index (χ1v) is 7.01. The number of ketones is 1. The maximum atomic E-state index is 12.9. The van der Waals surface area contributed by atoms with Gasteiger partial charge >= 0.3 is 0 Å². The topological polar surface area (TPSA) is 26.3 Å². The predicted octanol–water partition coefficient (Wildman–Crippen LogP) is 3.98. The third-order valence-corrected chi connectivity index (χ3v) is 4.18. The molecular formula is C19H14O2. The maximum absolute atomic E-state index is 12.9. The molecule has 0 N–H and O–H groups in total. The lowest BCUT2D eigenvalue weighted by Gasteiger charge is -2.21. The number of benzene rings is 3. The van der Waals surface area contributed by atoms with Gasteiger partial charge in [0.25, 0.3) is 0 Å². The zero-order valence-corrected chi connectivity index (χ0v) is 11.7. The van der Waals surface area contributed by atoms with Gasteiger partial charge < -0.3 is 4.74 Å². The molecule has 4 rings (SSSR count). The molecule has 0 aromatic heterocycles. The molecule has 0 bridgehead atoms. The average Bonchev–Trinajstić information content (AvgIpc) is 2.54. The van der Waals surface area contributed by atoms with E-state index < -0.39 is 0 Å². The zero-order chi connectivity index (χ0) is 14.4. The Hall–Kier alpha value is -2.61. The van der Waals surface area contributed by atoms with Crippen molar-refractivity contribution in [1.82, 2.24) is 0 Å². The summed E-state index contributed by atoms with van der Waals surface area (Å²) >= 11 is 0. The number of carbonyl (C=O) groups excluding carboxylic acids is 1. The summed E-state index contributed by atoms with van der Waals surface area (Å²) in [5.74, 6) is 0.947. The molecule has 0 saturated carbocycles. The number of hydrogen-bond donors (Lipinski definition) is 0. The lowest BCUT2D eigenvalue weighted by atomic mass is 9.82. The molecule has 0 saturated heterocycles. The van der Waals surface area contributed by atoms with Crippen LogP contribution in [0.2, 0.25) is 0 Å². The van der Waals surface area contributed by atoms with E-state index in [9.17, 15) is 4.79 Å². The maximum Gasteiger partial charge on any atom is 0.194 e. The number of methoxy groups -OCH3 is 1. The van der Waals surface area contributed by atoms with Gasteiger partial charge in [-0.2, -0.15) is 0 Å². The Balaban J connectivity index is 2.08. The van der Waals surface area contributed by atoms with E-state index in [1.54, 1.807) is 7.11 Å². The van der Waals surface area contributed by atoms with Gasteiger partial charge in [0, 0.05) is 16.5 Å². The normalized spacial score (nSPS) is 12.9. The molecule has 0 aliphatic heterocycles. The summed E-state index contributed by atoms with van der Waals surface area (Å²) in [5.41, 5.74) is 3.78. The smallest absolute Gasteiger partial charge is 0.194 e. The summed E-state index contributed by atoms with van der Waals surface area (Å²) < 4.78 is 5.51. The number of ether oxygens (including phenoxy) is 1. The molecule has 1 aliphatic rings. The van der Waals surface area contributed by atoms with Crippen LogP contribution >= 0.6 is 0 Å². The van der Waals surface area contributed by atoms with Crippen molar-refractivity contribution >= 4 is 16.6 Å². The number of carbonyl (C=O) groups is 1. The van der Waals surface area contributed by atoms with Crippen molar-refractivity contribution in [2.75, 3.05) is 7.11 Å². The highest BCUT2D eigenvalue weighted by atomic mass is 16.5. The first kappa shape index (κ1) is 12.2. The third kappa shape index (κ3) is 1.69. The first-order valence-electron chi connectivity index (χ1n) is 7.01. The fourth-order valence-electron chi connectivity index (χ4n) is 3.21. The van der Waals surface area contributed by atoms with E-state index in [1.165, 1.54) is 0 Å². The Morgan fingerprint density at radius 2 is 1.62 bits per heavy atom. The highest BCUT2D eigenvalue weighted by Gasteiger charge is 2.26. The molecule has 2 nitrogen and oxygen atoms in total. The minimum atomic E-state index is 0.116. The molecule has 2 heteroatoms.